The molecule has 0 saturated heterocycles. The summed E-state index contributed by atoms with van der Waals surface area (Å²) in [5.41, 5.74) is 5.88. The van der Waals surface area contributed by atoms with Gasteiger partial charge in [-0.1, -0.05) is 0 Å². The van der Waals surface area contributed by atoms with E-state index < -0.39 is 0 Å². The molecule has 1 aromatic heterocycles. The first-order valence-corrected chi connectivity index (χ1v) is 5.41. The Morgan fingerprint density at radius 2 is 2.50 bits per heavy atom. The predicted molar refractivity (Wildman–Crippen MR) is 55.7 cm³/mol. The molecule has 0 aliphatic heterocycles. The van der Waals surface area contributed by atoms with Crippen LogP contribution in [0.2, 0.25) is 0 Å². The second kappa shape index (κ2) is 5.85. The Bertz CT molecular complexity index is 299. The van der Waals surface area contributed by atoms with E-state index >= 15 is 0 Å². The van der Waals surface area contributed by atoms with E-state index in [1.54, 1.807) is 5.38 Å². The summed E-state index contributed by atoms with van der Waals surface area (Å²) >= 11 is 1.47. The second-order valence-corrected chi connectivity index (χ2v) is 3.67. The van der Waals surface area contributed by atoms with E-state index in [2.05, 4.69) is 4.98 Å². The molecule has 0 amide bonds. The summed E-state index contributed by atoms with van der Waals surface area (Å²) in [6.07, 6.45) is 0.729. The smallest absolute Gasteiger partial charge is 0.207 e. The predicted octanol–water partition coefficient (Wildman–Crippen LogP) is 0.864. The quantitative estimate of drug-likeness (QED) is 0.713. The number of carbonyl (C=O) groups excluding carboxylic acids is 1. The van der Waals surface area contributed by atoms with Crippen molar-refractivity contribution in [1.82, 2.24) is 4.98 Å². The van der Waals surface area contributed by atoms with Gasteiger partial charge in [-0.2, -0.15) is 0 Å². The van der Waals surface area contributed by atoms with Gasteiger partial charge in [0.05, 0.1) is 5.01 Å². The van der Waals surface area contributed by atoms with Gasteiger partial charge in [-0.05, 0) is 13.5 Å². The maximum Gasteiger partial charge on any atom is 0.207 e. The van der Waals surface area contributed by atoms with Crippen LogP contribution >= 0.6 is 11.3 Å². The zero-order valence-electron chi connectivity index (χ0n) is 8.16. The van der Waals surface area contributed by atoms with Crippen molar-refractivity contribution in [3.8, 4) is 0 Å². The van der Waals surface area contributed by atoms with Crippen molar-refractivity contribution in [2.24, 2.45) is 5.73 Å². The molecule has 14 heavy (non-hydrogen) atoms. The number of ether oxygens (including phenoxy) is 1. The molecule has 5 heteroatoms. The van der Waals surface area contributed by atoms with E-state index in [1.165, 1.54) is 11.3 Å². The molecule has 0 atom stereocenters. The van der Waals surface area contributed by atoms with Gasteiger partial charge < -0.3 is 10.5 Å². The first-order chi connectivity index (χ1) is 6.77. The monoisotopic (exact) mass is 214 g/mol. The van der Waals surface area contributed by atoms with Gasteiger partial charge in [0.15, 0.2) is 0 Å². The molecule has 2 N–H and O–H groups in total. The van der Waals surface area contributed by atoms with Crippen molar-refractivity contribution in [3.05, 3.63) is 16.1 Å². The van der Waals surface area contributed by atoms with Crippen molar-refractivity contribution in [2.45, 2.75) is 13.3 Å². The molecule has 1 rings (SSSR count). The van der Waals surface area contributed by atoms with Gasteiger partial charge in [-0.25, -0.2) is 4.98 Å². The number of carbonyl (C=O) groups is 1. The highest BCUT2D eigenvalue weighted by atomic mass is 32.1. The maximum atomic E-state index is 11.4. The Hall–Kier alpha value is -0.780. The third kappa shape index (κ3) is 3.17. The minimum Gasteiger partial charge on any atom is -0.374 e. The van der Waals surface area contributed by atoms with Crippen molar-refractivity contribution < 1.29 is 9.53 Å². The average molecular weight is 214 g/mol. The number of thiazole rings is 1. The third-order valence-corrected chi connectivity index (χ3v) is 2.54. The number of nitrogens with zero attached hydrogens (tertiary/aromatic N) is 1. The molecule has 0 radical (unpaired) electrons. The number of hydrogen-bond donors (Lipinski definition) is 1. The maximum absolute atomic E-state index is 11.4. The molecule has 4 nitrogen and oxygen atoms in total. The van der Waals surface area contributed by atoms with Crippen molar-refractivity contribution in [2.75, 3.05) is 19.8 Å². The molecule has 0 fully saturated rings. The minimum absolute atomic E-state index is 0.0635. The Balaban J connectivity index is 2.53. The zero-order valence-corrected chi connectivity index (χ0v) is 8.97. The van der Waals surface area contributed by atoms with Gasteiger partial charge >= 0.3 is 0 Å². The summed E-state index contributed by atoms with van der Waals surface area (Å²) in [5.74, 6) is -0.0635. The largest absolute Gasteiger partial charge is 0.374 e. The van der Waals surface area contributed by atoms with Gasteiger partial charge in [-0.15, -0.1) is 11.3 Å². The van der Waals surface area contributed by atoms with Crippen LogP contribution in [0.5, 0.6) is 0 Å². The lowest BCUT2D eigenvalue weighted by molar-refractivity contribution is 0.0779. The first-order valence-electron chi connectivity index (χ1n) is 4.53. The Labute approximate surface area is 87.1 Å². The van der Waals surface area contributed by atoms with Gasteiger partial charge in [0.25, 0.3) is 0 Å². The summed E-state index contributed by atoms with van der Waals surface area (Å²) in [6, 6.07) is 0. The first kappa shape index (κ1) is 11.3. The lowest BCUT2D eigenvalue weighted by Gasteiger charge is -1.96. The molecule has 0 aromatic carbocycles. The second-order valence-electron chi connectivity index (χ2n) is 2.73. The van der Waals surface area contributed by atoms with E-state index in [1.807, 2.05) is 6.92 Å². The Kier molecular flexibility index (Phi) is 4.72. The lowest BCUT2D eigenvalue weighted by Crippen LogP contribution is -2.09. The van der Waals surface area contributed by atoms with Crippen LogP contribution in [-0.4, -0.2) is 30.5 Å². The molecule has 0 aliphatic carbocycles. The van der Waals surface area contributed by atoms with Crippen LogP contribution in [0.15, 0.2) is 5.38 Å². The molecular weight excluding hydrogens is 200 g/mol. The number of ketones is 1. The van der Waals surface area contributed by atoms with Crippen molar-refractivity contribution in [3.63, 3.8) is 0 Å². The molecule has 0 bridgehead atoms. The molecule has 0 saturated carbocycles. The van der Waals surface area contributed by atoms with E-state index in [0.717, 1.165) is 11.4 Å². The molecule has 78 valence electrons. The number of aromatic nitrogens is 1. The summed E-state index contributed by atoms with van der Waals surface area (Å²) in [4.78, 5) is 15.6. The zero-order chi connectivity index (χ0) is 10.4. The van der Waals surface area contributed by atoms with Crippen LogP contribution in [0.3, 0.4) is 0 Å². The van der Waals surface area contributed by atoms with Gasteiger partial charge in [0.1, 0.15) is 12.3 Å². The fourth-order valence-electron chi connectivity index (χ4n) is 0.946. The van der Waals surface area contributed by atoms with E-state index in [-0.39, 0.29) is 12.4 Å². The van der Waals surface area contributed by atoms with Gasteiger partial charge in [-0.3, -0.25) is 4.79 Å². The van der Waals surface area contributed by atoms with Crippen LogP contribution in [0.4, 0.5) is 0 Å². The Morgan fingerprint density at radius 1 is 1.71 bits per heavy atom. The highest BCUT2D eigenvalue weighted by molar-refractivity contribution is 7.09. The normalized spacial score (nSPS) is 10.4. The molecule has 1 heterocycles. The van der Waals surface area contributed by atoms with Gasteiger partial charge in [0, 0.05) is 18.4 Å². The number of rotatable bonds is 6. The van der Waals surface area contributed by atoms with Crippen LogP contribution in [0, 0.1) is 0 Å². The Morgan fingerprint density at radius 3 is 3.14 bits per heavy atom. The fourth-order valence-corrected chi connectivity index (χ4v) is 1.76. The minimum atomic E-state index is -0.0635. The lowest BCUT2D eigenvalue weighted by atomic mass is 10.3. The summed E-state index contributed by atoms with van der Waals surface area (Å²) in [5, 5.41) is 2.67. The number of hydrogen-bond acceptors (Lipinski definition) is 5. The van der Waals surface area contributed by atoms with Crippen LogP contribution in [-0.2, 0) is 11.2 Å². The summed E-state index contributed by atoms with van der Waals surface area (Å²) < 4.78 is 5.01. The van der Waals surface area contributed by atoms with Crippen molar-refractivity contribution in [1.29, 1.82) is 0 Å². The molecular formula is C9H14N2O2S. The van der Waals surface area contributed by atoms with Crippen molar-refractivity contribution >= 4 is 17.1 Å². The van der Waals surface area contributed by atoms with E-state index in [4.69, 9.17) is 10.5 Å². The highest BCUT2D eigenvalue weighted by Crippen LogP contribution is 2.10. The SMILES string of the molecule is CCOCC(=O)c1csc(CCN)n1. The number of nitrogens with two attached hydrogens (primary N) is 1. The van der Waals surface area contributed by atoms with Crippen LogP contribution in [0.25, 0.3) is 0 Å². The summed E-state index contributed by atoms with van der Waals surface area (Å²) in [6.45, 7) is 3.08. The highest BCUT2D eigenvalue weighted by Gasteiger charge is 2.09. The average Bonchev–Trinajstić information content (AvgIpc) is 2.63. The van der Waals surface area contributed by atoms with Crippen LogP contribution < -0.4 is 5.73 Å². The molecule has 1 aromatic rings. The topological polar surface area (TPSA) is 65.2 Å². The van der Waals surface area contributed by atoms with E-state index in [9.17, 15) is 4.79 Å². The number of Topliss-reactive ketones (excluding diaryl/α,β-unsaturated/α-hetero) is 1. The standard InChI is InChI=1S/C9H14N2O2S/c1-2-13-5-8(12)7-6-14-9(11-7)3-4-10/h6H,2-5,10H2,1H3. The molecule has 0 spiro atoms. The van der Waals surface area contributed by atoms with Gasteiger partial charge in [0.2, 0.25) is 5.78 Å². The third-order valence-electron chi connectivity index (χ3n) is 1.63. The summed E-state index contributed by atoms with van der Waals surface area (Å²) in [7, 11) is 0. The molecule has 0 aliphatic rings. The van der Waals surface area contributed by atoms with E-state index in [0.29, 0.717) is 18.8 Å². The van der Waals surface area contributed by atoms with Crippen LogP contribution in [0.1, 0.15) is 22.4 Å². The fraction of sp³-hybridized carbons (Fsp3) is 0.556. The molecule has 0 unspecified atom stereocenters.